The van der Waals surface area contributed by atoms with Gasteiger partial charge in [-0.1, -0.05) is 45.4 Å². The number of carbonyl (C=O) groups excluding carboxylic acids is 2. The average Bonchev–Trinajstić information content (AvgIpc) is 3.51. The first kappa shape index (κ1) is 40.2. The number of amides is 2. The van der Waals surface area contributed by atoms with Crippen LogP contribution in [0.2, 0.25) is 0 Å². The number of nitrogens with zero attached hydrogens (tertiary/aromatic N) is 3. The molecular weight excluding hydrogens is 703 g/mol. The Hall–Kier alpha value is -4.94. The highest BCUT2D eigenvalue weighted by atomic mass is 32.2. The largest absolute Gasteiger partial charge is 0.491 e. The van der Waals surface area contributed by atoms with E-state index in [1.807, 2.05) is 30.3 Å². The van der Waals surface area contributed by atoms with Gasteiger partial charge in [0, 0.05) is 69.1 Å². The van der Waals surface area contributed by atoms with Crippen LogP contribution in [-0.2, 0) is 36.5 Å². The Morgan fingerprint density at radius 1 is 0.944 bits per heavy atom. The van der Waals surface area contributed by atoms with Gasteiger partial charge in [0.05, 0.1) is 11.5 Å². The van der Waals surface area contributed by atoms with Crippen LogP contribution in [0.1, 0.15) is 64.3 Å². The molecule has 54 heavy (non-hydrogen) atoms. The maximum atomic E-state index is 13.7. The number of fused-ring (bicyclic) bond motifs is 1. The van der Waals surface area contributed by atoms with Crippen LogP contribution in [0.4, 0.5) is 11.4 Å². The maximum Gasteiger partial charge on any atom is 0.251 e. The van der Waals surface area contributed by atoms with E-state index in [1.165, 1.54) is 12.1 Å². The molecule has 0 saturated heterocycles. The number of anilines is 2. The van der Waals surface area contributed by atoms with E-state index in [-0.39, 0.29) is 22.5 Å². The molecule has 11 nitrogen and oxygen atoms in total. The fourth-order valence-corrected chi connectivity index (χ4v) is 7.62. The molecule has 1 aliphatic heterocycles. The number of rotatable bonds is 19. The lowest BCUT2D eigenvalue weighted by Gasteiger charge is -2.27. The third-order valence-corrected chi connectivity index (χ3v) is 10.9. The molecule has 0 aliphatic carbocycles. The Balaban J connectivity index is 1.26. The van der Waals surface area contributed by atoms with Crippen molar-refractivity contribution in [1.82, 2.24) is 14.9 Å². The highest BCUT2D eigenvalue weighted by Crippen LogP contribution is 2.34. The molecule has 5 rings (SSSR count). The first-order valence-electron chi connectivity index (χ1n) is 18.8. The summed E-state index contributed by atoms with van der Waals surface area (Å²) in [6, 6.07) is 20.7. The van der Waals surface area contributed by atoms with E-state index < -0.39 is 9.84 Å². The minimum absolute atomic E-state index is 0.0673. The molecule has 1 aromatic heterocycles. The molecule has 12 heteroatoms. The predicted octanol–water partition coefficient (Wildman–Crippen LogP) is 7.13. The summed E-state index contributed by atoms with van der Waals surface area (Å²) in [4.78, 5) is 32.0. The van der Waals surface area contributed by atoms with Gasteiger partial charge in [0.25, 0.3) is 5.91 Å². The summed E-state index contributed by atoms with van der Waals surface area (Å²) in [7, 11) is -2.13. The van der Waals surface area contributed by atoms with Crippen molar-refractivity contribution in [2.24, 2.45) is 5.92 Å². The molecule has 1 aliphatic rings. The van der Waals surface area contributed by atoms with Crippen LogP contribution >= 0.6 is 0 Å². The molecule has 4 aromatic rings. The number of carbonyl (C=O) groups is 2. The zero-order valence-corrected chi connectivity index (χ0v) is 32.7. The lowest BCUT2D eigenvalue weighted by molar-refractivity contribution is -0.120. The van der Waals surface area contributed by atoms with Crippen LogP contribution in [0, 0.1) is 5.92 Å². The Morgan fingerprint density at radius 2 is 1.70 bits per heavy atom. The topological polar surface area (TPSA) is 132 Å². The molecule has 0 unspecified atom stereocenters. The molecule has 0 atom stereocenters. The number of imidazole rings is 1. The Morgan fingerprint density at radius 3 is 2.43 bits per heavy atom. The van der Waals surface area contributed by atoms with Crippen molar-refractivity contribution in [3.63, 3.8) is 0 Å². The number of aromatic nitrogens is 2. The van der Waals surface area contributed by atoms with E-state index in [1.54, 1.807) is 36.1 Å². The van der Waals surface area contributed by atoms with Crippen LogP contribution in [-0.4, -0.2) is 69.7 Å². The summed E-state index contributed by atoms with van der Waals surface area (Å²) in [6.45, 7) is 10.4. The summed E-state index contributed by atoms with van der Waals surface area (Å²) < 4.78 is 39.9. The SMILES string of the molecule is CCCCOCCOc1ccc(-c2ccc3c(c2)C=C(C(=O)Nc2ccc(S(=O)(=O)Cc4nccn4CCCC(=O)NC)cc2)CCN3CC(C)C)cc1. The molecule has 0 spiro atoms. The predicted molar refractivity (Wildman–Crippen MR) is 214 cm³/mol. The van der Waals surface area contributed by atoms with Crippen LogP contribution < -0.4 is 20.3 Å². The number of aryl methyl sites for hydroxylation is 1. The first-order valence-corrected chi connectivity index (χ1v) is 20.5. The number of nitrogens with one attached hydrogen (secondary N) is 2. The molecule has 0 radical (unpaired) electrons. The van der Waals surface area contributed by atoms with Crippen molar-refractivity contribution in [1.29, 1.82) is 0 Å². The van der Waals surface area contributed by atoms with E-state index in [4.69, 9.17) is 9.47 Å². The number of benzene rings is 3. The summed E-state index contributed by atoms with van der Waals surface area (Å²) in [6.07, 6.45) is 8.88. The van der Waals surface area contributed by atoms with Crippen molar-refractivity contribution in [2.45, 2.75) is 70.1 Å². The van der Waals surface area contributed by atoms with Crippen LogP contribution in [0.3, 0.4) is 0 Å². The third kappa shape index (κ3) is 11.3. The van der Waals surface area contributed by atoms with Gasteiger partial charge in [0.15, 0.2) is 9.84 Å². The standard InChI is InChI=1S/C42H53N5O6S/c1-5-6-24-52-25-26-53-37-14-9-32(10-15-37)33-11-18-39-35(27-33)28-34(19-22-47(39)29-31(2)3)42(49)45-36-12-16-38(17-13-36)54(50,51)30-40-44-20-23-46(40)21-7-8-41(48)43-4/h9-18,20,23,27-28,31H,5-8,19,21-22,24-26,29-30H2,1-4H3,(H,43,48)(H,45,49). The van der Waals surface area contributed by atoms with Gasteiger partial charge in [0.1, 0.15) is 23.9 Å². The van der Waals surface area contributed by atoms with Gasteiger partial charge >= 0.3 is 0 Å². The zero-order chi connectivity index (χ0) is 38.5. The van der Waals surface area contributed by atoms with Crippen LogP contribution in [0.15, 0.2) is 89.6 Å². The summed E-state index contributed by atoms with van der Waals surface area (Å²) in [5.41, 5.74) is 5.28. The number of ether oxygens (including phenoxy) is 2. The minimum atomic E-state index is -3.71. The number of unbranched alkanes of at least 4 members (excludes halogenated alkanes) is 1. The molecule has 288 valence electrons. The lowest BCUT2D eigenvalue weighted by atomic mass is 10.00. The summed E-state index contributed by atoms with van der Waals surface area (Å²) in [5.74, 6) is 1.05. The maximum absolute atomic E-state index is 13.7. The zero-order valence-electron chi connectivity index (χ0n) is 31.8. The fourth-order valence-electron chi connectivity index (χ4n) is 6.32. The second kappa shape index (κ2) is 19.4. The molecular formula is C42H53N5O6S. The highest BCUT2D eigenvalue weighted by Gasteiger charge is 2.22. The van der Waals surface area contributed by atoms with E-state index in [0.717, 1.165) is 54.1 Å². The smallest absolute Gasteiger partial charge is 0.251 e. The first-order chi connectivity index (χ1) is 26.1. The van der Waals surface area contributed by atoms with Crippen molar-refractivity contribution in [2.75, 3.05) is 50.2 Å². The van der Waals surface area contributed by atoms with Crippen molar-refractivity contribution < 1.29 is 27.5 Å². The van der Waals surface area contributed by atoms with Crippen molar-refractivity contribution in [3.8, 4) is 16.9 Å². The molecule has 0 fully saturated rings. The third-order valence-electron chi connectivity index (χ3n) is 9.23. The molecule has 0 bridgehead atoms. The van der Waals surface area contributed by atoms with Gasteiger partial charge in [-0.3, -0.25) is 9.59 Å². The summed E-state index contributed by atoms with van der Waals surface area (Å²) in [5, 5.41) is 5.58. The lowest BCUT2D eigenvalue weighted by Crippen LogP contribution is -2.29. The fraction of sp³-hybridized carbons (Fsp3) is 0.405. The Bertz CT molecular complexity index is 1990. The quantitative estimate of drug-likeness (QED) is 0.0967. The van der Waals surface area contributed by atoms with Crippen LogP contribution in [0.5, 0.6) is 5.75 Å². The Labute approximate surface area is 319 Å². The molecule has 2 N–H and O–H groups in total. The number of hydrogen-bond donors (Lipinski definition) is 2. The number of hydrogen-bond acceptors (Lipinski definition) is 8. The molecule has 2 amide bonds. The van der Waals surface area contributed by atoms with E-state index in [0.29, 0.717) is 68.6 Å². The van der Waals surface area contributed by atoms with Crippen molar-refractivity contribution >= 4 is 39.1 Å². The van der Waals surface area contributed by atoms with Gasteiger partial charge < -0.3 is 29.6 Å². The normalized spacial score (nSPS) is 12.9. The second-order valence-electron chi connectivity index (χ2n) is 13.9. The van der Waals surface area contributed by atoms with Crippen LogP contribution in [0.25, 0.3) is 17.2 Å². The molecule has 2 heterocycles. The monoisotopic (exact) mass is 755 g/mol. The average molecular weight is 756 g/mol. The Kier molecular flexibility index (Phi) is 14.5. The molecule has 0 saturated carbocycles. The van der Waals surface area contributed by atoms with E-state index in [2.05, 4.69) is 59.5 Å². The summed E-state index contributed by atoms with van der Waals surface area (Å²) >= 11 is 0. The minimum Gasteiger partial charge on any atom is -0.491 e. The highest BCUT2D eigenvalue weighted by molar-refractivity contribution is 7.90. The van der Waals surface area contributed by atoms with E-state index in [9.17, 15) is 18.0 Å². The van der Waals surface area contributed by atoms with E-state index >= 15 is 0 Å². The van der Waals surface area contributed by atoms with Gasteiger partial charge in [-0.25, -0.2) is 13.4 Å². The van der Waals surface area contributed by atoms with Gasteiger partial charge in [-0.15, -0.1) is 0 Å². The van der Waals surface area contributed by atoms with Gasteiger partial charge in [-0.05, 0) is 96.5 Å². The second-order valence-corrected chi connectivity index (χ2v) is 15.9. The van der Waals surface area contributed by atoms with Crippen molar-refractivity contribution in [3.05, 3.63) is 96.1 Å². The van der Waals surface area contributed by atoms with Gasteiger partial charge in [0.2, 0.25) is 5.91 Å². The van der Waals surface area contributed by atoms with Gasteiger partial charge in [-0.2, -0.15) is 0 Å². The number of sulfone groups is 1. The molecule has 3 aromatic carbocycles.